The smallest absolute Gasteiger partial charge is 0.339 e. The van der Waals surface area contributed by atoms with E-state index in [1.54, 1.807) is 12.1 Å². The molecule has 0 amide bonds. The molecule has 0 fully saturated rings. The summed E-state index contributed by atoms with van der Waals surface area (Å²) in [6, 6.07) is 5.31. The molecule has 1 N–H and O–H groups in total. The zero-order chi connectivity index (χ0) is 10.1. The molecule has 0 bridgehead atoms. The van der Waals surface area contributed by atoms with Crippen LogP contribution < -0.4 is 4.74 Å². The first-order valence-corrected chi connectivity index (χ1v) is 4.73. The summed E-state index contributed by atoms with van der Waals surface area (Å²) in [4.78, 5) is 10.9. The number of carboxylic acids is 1. The zero-order valence-corrected chi connectivity index (χ0v) is 7.99. The lowest BCUT2D eigenvalue weighted by Gasteiger charge is -2.04. The largest absolute Gasteiger partial charge is 0.492 e. The average molecular weight is 192 g/mol. The second kappa shape index (κ2) is 3.33. The Morgan fingerprint density at radius 2 is 2.43 bits per heavy atom. The lowest BCUT2D eigenvalue weighted by Crippen LogP contribution is -1.99. The van der Waals surface area contributed by atoms with Gasteiger partial charge in [-0.05, 0) is 12.5 Å². The third-order valence-electron chi connectivity index (χ3n) is 2.64. The Hall–Kier alpha value is -1.51. The number of fused-ring (bicyclic) bond motifs is 1. The van der Waals surface area contributed by atoms with Gasteiger partial charge >= 0.3 is 5.97 Å². The van der Waals surface area contributed by atoms with Gasteiger partial charge in [0.1, 0.15) is 11.3 Å². The monoisotopic (exact) mass is 192 g/mol. The van der Waals surface area contributed by atoms with Crippen molar-refractivity contribution in [2.75, 3.05) is 6.61 Å². The quantitative estimate of drug-likeness (QED) is 0.781. The van der Waals surface area contributed by atoms with E-state index in [-0.39, 0.29) is 5.56 Å². The number of carboxylic acid groups (broad SMARTS) is 1. The summed E-state index contributed by atoms with van der Waals surface area (Å²) >= 11 is 0. The molecule has 74 valence electrons. The second-order valence-corrected chi connectivity index (χ2v) is 3.45. The van der Waals surface area contributed by atoms with Crippen molar-refractivity contribution in [3.63, 3.8) is 0 Å². The molecule has 1 atom stereocenters. The molecule has 0 saturated heterocycles. The van der Waals surface area contributed by atoms with E-state index < -0.39 is 5.97 Å². The minimum atomic E-state index is -0.918. The highest BCUT2D eigenvalue weighted by atomic mass is 16.5. The fourth-order valence-corrected chi connectivity index (χ4v) is 1.82. The number of benzene rings is 1. The minimum absolute atomic E-state index is 0.276. The molecule has 3 nitrogen and oxygen atoms in total. The van der Waals surface area contributed by atoms with E-state index in [9.17, 15) is 4.79 Å². The molecule has 1 aromatic carbocycles. The van der Waals surface area contributed by atoms with Crippen LogP contribution in [0.4, 0.5) is 0 Å². The molecule has 1 aromatic rings. The van der Waals surface area contributed by atoms with Gasteiger partial charge in [0.25, 0.3) is 0 Å². The molecule has 0 saturated carbocycles. The van der Waals surface area contributed by atoms with Crippen LogP contribution in [0.1, 0.15) is 35.2 Å². The van der Waals surface area contributed by atoms with Crippen molar-refractivity contribution in [2.45, 2.75) is 19.3 Å². The summed E-state index contributed by atoms with van der Waals surface area (Å²) in [5.41, 5.74) is 1.31. The summed E-state index contributed by atoms with van der Waals surface area (Å²) in [5, 5.41) is 8.93. The Morgan fingerprint density at radius 3 is 3.07 bits per heavy atom. The fraction of sp³-hybridized carbons (Fsp3) is 0.364. The molecule has 0 spiro atoms. The van der Waals surface area contributed by atoms with E-state index in [0.717, 1.165) is 12.0 Å². The van der Waals surface area contributed by atoms with Gasteiger partial charge in [-0.15, -0.1) is 0 Å². The van der Waals surface area contributed by atoms with Crippen molar-refractivity contribution in [3.8, 4) is 5.75 Å². The van der Waals surface area contributed by atoms with Gasteiger partial charge in [-0.3, -0.25) is 0 Å². The van der Waals surface area contributed by atoms with E-state index in [1.165, 1.54) is 0 Å². The third kappa shape index (κ3) is 1.25. The summed E-state index contributed by atoms with van der Waals surface area (Å²) in [5.74, 6) is -0.00486. The van der Waals surface area contributed by atoms with Crippen LogP contribution in [0.3, 0.4) is 0 Å². The second-order valence-electron chi connectivity index (χ2n) is 3.45. The van der Waals surface area contributed by atoms with E-state index in [2.05, 4.69) is 6.92 Å². The van der Waals surface area contributed by atoms with Gasteiger partial charge in [-0.1, -0.05) is 19.1 Å². The first-order valence-electron chi connectivity index (χ1n) is 4.73. The molecule has 1 heterocycles. The summed E-state index contributed by atoms with van der Waals surface area (Å²) < 4.78 is 5.41. The van der Waals surface area contributed by atoms with Crippen LogP contribution in [-0.2, 0) is 0 Å². The van der Waals surface area contributed by atoms with Gasteiger partial charge in [0, 0.05) is 11.5 Å². The van der Waals surface area contributed by atoms with Gasteiger partial charge in [0.15, 0.2) is 0 Å². The van der Waals surface area contributed by atoms with Gasteiger partial charge in [-0.2, -0.15) is 0 Å². The lowest BCUT2D eigenvalue weighted by atomic mass is 9.97. The zero-order valence-electron chi connectivity index (χ0n) is 7.99. The number of aromatic carboxylic acids is 1. The van der Waals surface area contributed by atoms with Gasteiger partial charge < -0.3 is 9.84 Å². The van der Waals surface area contributed by atoms with Crippen molar-refractivity contribution >= 4 is 5.97 Å². The predicted molar refractivity (Wildman–Crippen MR) is 51.9 cm³/mol. The maximum absolute atomic E-state index is 10.9. The fourth-order valence-electron chi connectivity index (χ4n) is 1.82. The summed E-state index contributed by atoms with van der Waals surface area (Å²) in [6.45, 7) is 2.69. The molecule has 0 aliphatic carbocycles. The normalized spacial score (nSPS) is 18.8. The molecule has 0 aromatic heterocycles. The van der Waals surface area contributed by atoms with Crippen molar-refractivity contribution in [2.24, 2.45) is 0 Å². The highest BCUT2D eigenvalue weighted by Crippen LogP contribution is 2.38. The Morgan fingerprint density at radius 1 is 1.64 bits per heavy atom. The third-order valence-corrected chi connectivity index (χ3v) is 2.64. The molecule has 1 unspecified atom stereocenters. The van der Waals surface area contributed by atoms with Crippen molar-refractivity contribution < 1.29 is 14.6 Å². The van der Waals surface area contributed by atoms with Crippen LogP contribution in [0.5, 0.6) is 5.75 Å². The Kier molecular flexibility index (Phi) is 2.15. The SMILES string of the molecule is CCC1COc2c(C(=O)O)cccc21. The van der Waals surface area contributed by atoms with Crippen LogP contribution in [0.25, 0.3) is 0 Å². The number of rotatable bonds is 2. The van der Waals surface area contributed by atoms with E-state index in [0.29, 0.717) is 18.3 Å². The van der Waals surface area contributed by atoms with Crippen molar-refractivity contribution in [3.05, 3.63) is 29.3 Å². The molecule has 14 heavy (non-hydrogen) atoms. The topological polar surface area (TPSA) is 46.5 Å². The van der Waals surface area contributed by atoms with Crippen molar-refractivity contribution in [1.82, 2.24) is 0 Å². The average Bonchev–Trinajstić information content (AvgIpc) is 2.59. The predicted octanol–water partition coefficient (Wildman–Crippen LogP) is 2.27. The molecular formula is C11H12O3. The van der Waals surface area contributed by atoms with Crippen LogP contribution in [0, 0.1) is 0 Å². The molecule has 0 radical (unpaired) electrons. The number of para-hydroxylation sites is 1. The maximum Gasteiger partial charge on any atom is 0.339 e. The molecule has 2 rings (SSSR count). The van der Waals surface area contributed by atoms with E-state index in [4.69, 9.17) is 9.84 Å². The van der Waals surface area contributed by atoms with Gasteiger partial charge in [0.05, 0.1) is 6.61 Å². The van der Waals surface area contributed by atoms with Crippen LogP contribution in [0.2, 0.25) is 0 Å². The number of ether oxygens (including phenoxy) is 1. The van der Waals surface area contributed by atoms with Gasteiger partial charge in [0.2, 0.25) is 0 Å². The van der Waals surface area contributed by atoms with E-state index >= 15 is 0 Å². The number of hydrogen-bond acceptors (Lipinski definition) is 2. The first kappa shape index (κ1) is 9.06. The first-order chi connectivity index (χ1) is 6.74. The summed E-state index contributed by atoms with van der Waals surface area (Å²) in [7, 11) is 0. The molecule has 1 aliphatic heterocycles. The molecular weight excluding hydrogens is 180 g/mol. The lowest BCUT2D eigenvalue weighted by molar-refractivity contribution is 0.0693. The highest BCUT2D eigenvalue weighted by Gasteiger charge is 2.26. The van der Waals surface area contributed by atoms with Crippen LogP contribution in [-0.4, -0.2) is 17.7 Å². The summed E-state index contributed by atoms with van der Waals surface area (Å²) in [6.07, 6.45) is 0.982. The Balaban J connectivity index is 2.49. The maximum atomic E-state index is 10.9. The Labute approximate surface area is 82.3 Å². The highest BCUT2D eigenvalue weighted by molar-refractivity contribution is 5.91. The minimum Gasteiger partial charge on any atom is -0.492 e. The number of carbonyl (C=O) groups is 1. The Bertz CT molecular complexity index is 371. The van der Waals surface area contributed by atoms with Crippen LogP contribution >= 0.6 is 0 Å². The molecule has 1 aliphatic rings. The standard InChI is InChI=1S/C11H12O3/c1-2-7-6-14-10-8(7)4-3-5-9(10)11(12)13/h3-5,7H,2,6H2,1H3,(H,12,13). The van der Waals surface area contributed by atoms with Crippen molar-refractivity contribution in [1.29, 1.82) is 0 Å². The van der Waals surface area contributed by atoms with Gasteiger partial charge in [-0.25, -0.2) is 4.79 Å². The molecule has 3 heteroatoms. The number of hydrogen-bond donors (Lipinski definition) is 1. The van der Waals surface area contributed by atoms with Crippen LogP contribution in [0.15, 0.2) is 18.2 Å². The van der Waals surface area contributed by atoms with E-state index in [1.807, 2.05) is 6.07 Å².